The molecule has 2 aliphatic rings. The van der Waals surface area contributed by atoms with Gasteiger partial charge in [0.15, 0.2) is 11.8 Å². The molecule has 0 radical (unpaired) electrons. The monoisotopic (exact) mass is 530 g/mol. The molecule has 1 aliphatic carbocycles. The fraction of sp³-hybridized carbons (Fsp3) is 0.519. The number of benzene rings is 2. The van der Waals surface area contributed by atoms with Crippen LogP contribution in [0.25, 0.3) is 10.8 Å². The molecule has 4 rings (SSSR count). The second-order valence-electron chi connectivity index (χ2n) is 10.3. The van der Waals surface area contributed by atoms with Crippen LogP contribution in [0.4, 0.5) is 5.69 Å². The number of carbonyl (C=O) groups is 1. The average molecular weight is 531 g/mol. The van der Waals surface area contributed by atoms with Gasteiger partial charge < -0.3 is 14.4 Å². The first-order valence-corrected chi connectivity index (χ1v) is 14.7. The summed E-state index contributed by atoms with van der Waals surface area (Å²) in [6, 6.07) is 12.0. The summed E-state index contributed by atoms with van der Waals surface area (Å²) < 4.78 is 12.3. The van der Waals surface area contributed by atoms with E-state index in [0.29, 0.717) is 11.2 Å². The number of nitrogens with zero attached hydrogens (tertiary/aromatic N) is 2. The van der Waals surface area contributed by atoms with Gasteiger partial charge in [-0.1, -0.05) is 85.3 Å². The maximum atomic E-state index is 12.3. The maximum Gasteiger partial charge on any atom is 0.344 e. The molecule has 1 aliphatic heterocycles. The first kappa shape index (κ1) is 26.3. The average Bonchev–Trinajstić information content (AvgIpc) is 2.83. The molecule has 2 aromatic rings. The van der Waals surface area contributed by atoms with Gasteiger partial charge in [0.2, 0.25) is 0 Å². The highest BCUT2D eigenvalue weighted by Gasteiger charge is 2.40. The zero-order chi connectivity index (χ0) is 25.1. The van der Waals surface area contributed by atoms with Crippen LogP contribution in [0.1, 0.15) is 52.9 Å². The van der Waals surface area contributed by atoms with Gasteiger partial charge >= 0.3 is 5.97 Å². The molecule has 2 fully saturated rings. The molecule has 1 saturated carbocycles. The summed E-state index contributed by atoms with van der Waals surface area (Å²) in [6.45, 7) is 6.29. The summed E-state index contributed by atoms with van der Waals surface area (Å²) in [7, 11) is 0. The normalized spacial score (nSPS) is 19.2. The molecule has 8 heteroatoms. The van der Waals surface area contributed by atoms with Crippen molar-refractivity contribution in [2.24, 2.45) is 10.4 Å². The highest BCUT2D eigenvalue weighted by Crippen LogP contribution is 2.45. The van der Waals surface area contributed by atoms with Crippen LogP contribution >= 0.6 is 35.7 Å². The van der Waals surface area contributed by atoms with Gasteiger partial charge in [-0.15, -0.1) is 0 Å². The minimum atomic E-state index is -0.561. The lowest BCUT2D eigenvalue weighted by molar-refractivity contribution is -0.157. The Morgan fingerprint density at radius 3 is 2.63 bits per heavy atom. The second-order valence-corrected chi connectivity index (χ2v) is 12.7. The fourth-order valence-electron chi connectivity index (χ4n) is 4.76. The molecule has 0 amide bonds. The van der Waals surface area contributed by atoms with E-state index in [4.69, 9.17) is 26.7 Å². The van der Waals surface area contributed by atoms with Crippen LogP contribution in [-0.2, 0) is 9.53 Å². The lowest BCUT2D eigenvalue weighted by Gasteiger charge is -2.45. The smallest absolute Gasteiger partial charge is 0.344 e. The number of hydrogen-bond acceptors (Lipinski definition) is 7. The third-order valence-electron chi connectivity index (χ3n) is 6.38. The van der Waals surface area contributed by atoms with Crippen molar-refractivity contribution in [3.8, 4) is 5.75 Å². The molecule has 35 heavy (non-hydrogen) atoms. The molecule has 0 bridgehead atoms. The zero-order valence-corrected chi connectivity index (χ0v) is 23.4. The van der Waals surface area contributed by atoms with Crippen molar-refractivity contribution in [1.82, 2.24) is 4.90 Å². The van der Waals surface area contributed by atoms with E-state index < -0.39 is 11.6 Å². The highest BCUT2D eigenvalue weighted by molar-refractivity contribution is 8.23. The Morgan fingerprint density at radius 1 is 1.17 bits per heavy atom. The van der Waals surface area contributed by atoms with Crippen LogP contribution in [-0.4, -0.2) is 51.1 Å². The molecule has 1 heterocycles. The van der Waals surface area contributed by atoms with Gasteiger partial charge in [-0.25, -0.2) is 9.79 Å². The third-order valence-corrected chi connectivity index (χ3v) is 8.99. The largest absolute Gasteiger partial charge is 0.480 e. The number of carbonyl (C=O) groups excluding carboxylic acids is 1. The number of ether oxygens (including phenoxy) is 2. The molecule has 5 nitrogen and oxygen atoms in total. The SMILES string of the molecule is CSC(=S)N1CC2(CCCCC2)CSC1=Nc1c(OCC(=O)OC(C)(C)C)ccc2ccccc12. The van der Waals surface area contributed by atoms with Gasteiger partial charge in [-0.05, 0) is 56.7 Å². The Labute approximate surface area is 222 Å². The number of amidine groups is 1. The van der Waals surface area contributed by atoms with Crippen LogP contribution in [0.2, 0.25) is 0 Å². The van der Waals surface area contributed by atoms with Crippen LogP contribution in [0, 0.1) is 5.41 Å². The Balaban J connectivity index is 1.68. The Morgan fingerprint density at radius 2 is 1.91 bits per heavy atom. The van der Waals surface area contributed by atoms with E-state index in [0.717, 1.165) is 38.2 Å². The van der Waals surface area contributed by atoms with Crippen molar-refractivity contribution in [3.05, 3.63) is 36.4 Å². The van der Waals surface area contributed by atoms with Gasteiger partial charge in [0.1, 0.15) is 21.4 Å². The molecule has 0 aromatic heterocycles. The lowest BCUT2D eigenvalue weighted by Crippen LogP contribution is -2.48. The summed E-state index contributed by atoms with van der Waals surface area (Å²) in [6.07, 6.45) is 8.44. The highest BCUT2D eigenvalue weighted by atomic mass is 32.2. The first-order valence-electron chi connectivity index (χ1n) is 12.1. The van der Waals surface area contributed by atoms with Crippen LogP contribution in [0.15, 0.2) is 41.4 Å². The van der Waals surface area contributed by atoms with E-state index in [1.54, 1.807) is 23.5 Å². The Hall–Kier alpha value is -1.77. The van der Waals surface area contributed by atoms with Crippen molar-refractivity contribution < 1.29 is 14.3 Å². The van der Waals surface area contributed by atoms with Gasteiger partial charge in [0, 0.05) is 17.7 Å². The van der Waals surface area contributed by atoms with Gasteiger partial charge in [-0.3, -0.25) is 0 Å². The molecular formula is C27H34N2O3S3. The predicted octanol–water partition coefficient (Wildman–Crippen LogP) is 7.20. The van der Waals surface area contributed by atoms with Gasteiger partial charge in [-0.2, -0.15) is 0 Å². The molecule has 1 saturated heterocycles. The zero-order valence-electron chi connectivity index (χ0n) is 21.0. The number of hydrogen-bond donors (Lipinski definition) is 0. The molecule has 188 valence electrons. The molecule has 2 aromatic carbocycles. The predicted molar refractivity (Wildman–Crippen MR) is 153 cm³/mol. The Bertz CT molecular complexity index is 1120. The topological polar surface area (TPSA) is 51.1 Å². The van der Waals surface area contributed by atoms with E-state index >= 15 is 0 Å². The van der Waals surface area contributed by atoms with Crippen LogP contribution in [0.5, 0.6) is 5.75 Å². The summed E-state index contributed by atoms with van der Waals surface area (Å²) in [4.78, 5) is 19.7. The van der Waals surface area contributed by atoms with E-state index in [1.807, 2.05) is 57.4 Å². The summed E-state index contributed by atoms with van der Waals surface area (Å²) in [5, 5.41) is 2.95. The molecular weight excluding hydrogens is 497 g/mol. The molecule has 0 N–H and O–H groups in total. The minimum Gasteiger partial charge on any atom is -0.480 e. The van der Waals surface area contributed by atoms with Gasteiger partial charge in [0.25, 0.3) is 0 Å². The molecule has 0 unspecified atom stereocenters. The number of thioether (sulfide) groups is 2. The summed E-state index contributed by atoms with van der Waals surface area (Å²) in [5.74, 6) is 1.22. The molecule has 0 atom stereocenters. The second kappa shape index (κ2) is 11.1. The summed E-state index contributed by atoms with van der Waals surface area (Å²) in [5.41, 5.74) is 0.466. The first-order chi connectivity index (χ1) is 16.7. The third kappa shape index (κ3) is 6.52. The van der Waals surface area contributed by atoms with Gasteiger partial charge in [0.05, 0.1) is 0 Å². The number of esters is 1. The standard InChI is InChI=1S/C27H34N2O3S3/c1-26(2,3)32-22(30)16-31-21-13-12-19-10-6-7-11-20(19)23(21)28-24-29(25(33)34-4)17-27(18-35-24)14-8-5-9-15-27/h6-7,10-13H,5,8-9,14-18H2,1-4H3. The van der Waals surface area contributed by atoms with E-state index in [2.05, 4.69) is 11.0 Å². The van der Waals surface area contributed by atoms with Crippen LogP contribution in [0.3, 0.4) is 0 Å². The summed E-state index contributed by atoms with van der Waals surface area (Å²) >= 11 is 9.17. The number of thiocarbonyl (C=S) groups is 1. The minimum absolute atomic E-state index is 0.170. The van der Waals surface area contributed by atoms with E-state index in [9.17, 15) is 4.79 Å². The van der Waals surface area contributed by atoms with Crippen molar-refractivity contribution in [3.63, 3.8) is 0 Å². The fourth-order valence-corrected chi connectivity index (χ4v) is 6.68. The van der Waals surface area contributed by atoms with E-state index in [1.165, 1.54) is 32.1 Å². The number of fused-ring (bicyclic) bond motifs is 1. The lowest BCUT2D eigenvalue weighted by atomic mass is 9.75. The Kier molecular flexibility index (Phi) is 8.34. The van der Waals surface area contributed by atoms with Crippen molar-refractivity contribution in [2.75, 3.05) is 25.2 Å². The van der Waals surface area contributed by atoms with Crippen LogP contribution < -0.4 is 4.74 Å². The van der Waals surface area contributed by atoms with E-state index in [-0.39, 0.29) is 6.61 Å². The van der Waals surface area contributed by atoms with Crippen molar-refractivity contribution in [2.45, 2.75) is 58.5 Å². The number of aliphatic imine (C=N–C) groups is 1. The molecule has 1 spiro atoms. The maximum absolute atomic E-state index is 12.3. The quantitative estimate of drug-likeness (QED) is 0.306. The van der Waals surface area contributed by atoms with Crippen molar-refractivity contribution in [1.29, 1.82) is 0 Å². The van der Waals surface area contributed by atoms with Crippen molar-refractivity contribution >= 4 is 67.7 Å². The number of rotatable bonds is 4.